The number of nitrogens with one attached hydrogen (secondary N) is 1. The summed E-state index contributed by atoms with van der Waals surface area (Å²) < 4.78 is 6.02. The second-order valence-corrected chi connectivity index (χ2v) is 22.0. The van der Waals surface area contributed by atoms with Gasteiger partial charge in [0.1, 0.15) is 0 Å². The molecule has 5 fully saturated rings. The molecule has 0 spiro atoms. The standard InChI is InChI=1S/C51H77N3O3/c1-35(2)38-18-25-51(53-30-33-54-31-10-9-11-32-54)27-26-48(7)40(43(38)51)14-15-42-47(6)21-19-39(46(4,5)41(47)20-22-49(42,48)8)37-16-23-50(24-17-37,45(55)56)28-34-57-44-36(3)13-12-29-52-44/h12-13,16,19,29,38,40-43,53H,1,9-11,14-15,17-18,20-28,30-34H2,2-8H3,(H,55,56)/t38-,40+,41-,42+,43+,47-,48+,49+,50?,51-/m0/s1. The fraction of sp³-hybridized carbons (Fsp3) is 0.765. The highest BCUT2D eigenvalue weighted by Crippen LogP contribution is 2.76. The van der Waals surface area contributed by atoms with Crippen LogP contribution in [0.3, 0.4) is 0 Å². The minimum absolute atomic E-state index is 0.0528. The first-order valence-electron chi connectivity index (χ1n) is 23.4. The number of carboxylic acids is 1. The maximum Gasteiger partial charge on any atom is 0.310 e. The fourth-order valence-electron chi connectivity index (χ4n) is 15.9. The summed E-state index contributed by atoms with van der Waals surface area (Å²) in [6, 6.07) is 3.89. The number of carboxylic acid groups (broad SMARTS) is 1. The summed E-state index contributed by atoms with van der Waals surface area (Å²) in [5.74, 6) is 3.35. The largest absolute Gasteiger partial charge is 0.481 e. The third-order valence-electron chi connectivity index (χ3n) is 19.2. The first-order chi connectivity index (χ1) is 27.1. The van der Waals surface area contributed by atoms with Crippen molar-refractivity contribution in [3.8, 4) is 5.88 Å². The van der Waals surface area contributed by atoms with Gasteiger partial charge in [0.2, 0.25) is 5.88 Å². The molecule has 10 atom stereocenters. The predicted octanol–water partition coefficient (Wildman–Crippen LogP) is 11.4. The van der Waals surface area contributed by atoms with Gasteiger partial charge in [0.15, 0.2) is 0 Å². The Bertz CT molecular complexity index is 1760. The molecule has 0 aromatic carbocycles. The topological polar surface area (TPSA) is 74.7 Å². The van der Waals surface area contributed by atoms with Crippen LogP contribution in [0.4, 0.5) is 0 Å². The molecule has 1 aromatic heterocycles. The summed E-state index contributed by atoms with van der Waals surface area (Å²) in [5.41, 5.74) is 5.80. The maximum absolute atomic E-state index is 12.8. The van der Waals surface area contributed by atoms with Gasteiger partial charge in [-0.15, -0.1) is 0 Å². The van der Waals surface area contributed by atoms with Crippen molar-refractivity contribution < 1.29 is 14.6 Å². The second-order valence-electron chi connectivity index (χ2n) is 22.0. The van der Waals surface area contributed by atoms with Gasteiger partial charge < -0.3 is 20.1 Å². The zero-order valence-corrected chi connectivity index (χ0v) is 37.0. The summed E-state index contributed by atoms with van der Waals surface area (Å²) in [5, 5.41) is 14.9. The van der Waals surface area contributed by atoms with E-state index in [1.165, 1.54) is 107 Å². The van der Waals surface area contributed by atoms with Crippen LogP contribution < -0.4 is 10.1 Å². The summed E-state index contributed by atoms with van der Waals surface area (Å²) in [6.07, 6.45) is 25.2. The number of fused-ring (bicyclic) bond motifs is 7. The SMILES string of the molecule is C=C(C)[C@@H]1CC[C@]2(NCCN3CCCCC3)CC[C@]3(C)[C@H](CC[C@@H]4[C@@]5(C)CC=C(C6=CCC(CCOc7ncccc7C)(C(=O)O)CC6)C(C)(C)[C@@H]5CC[C@]43C)[C@@H]12. The highest BCUT2D eigenvalue weighted by Gasteiger charge is 2.70. The number of aryl methyl sites for hydroxylation is 1. The summed E-state index contributed by atoms with van der Waals surface area (Å²) in [6.45, 7) is 27.6. The number of aromatic nitrogens is 1. The Balaban J connectivity index is 1.00. The van der Waals surface area contributed by atoms with Crippen LogP contribution in [0.1, 0.15) is 150 Å². The molecule has 4 saturated carbocycles. The second kappa shape index (κ2) is 15.2. The van der Waals surface area contributed by atoms with Crippen LogP contribution in [0.5, 0.6) is 5.88 Å². The fourth-order valence-corrected chi connectivity index (χ4v) is 15.9. The first-order valence-corrected chi connectivity index (χ1v) is 23.4. The van der Waals surface area contributed by atoms with E-state index in [9.17, 15) is 9.90 Å². The molecule has 6 aliphatic carbocycles. The maximum atomic E-state index is 12.8. The van der Waals surface area contributed by atoms with Crippen molar-refractivity contribution in [3.05, 3.63) is 59.3 Å². The van der Waals surface area contributed by atoms with E-state index in [1.807, 2.05) is 19.1 Å². The van der Waals surface area contributed by atoms with Crippen LogP contribution in [-0.2, 0) is 4.79 Å². The molecule has 2 heterocycles. The molecule has 57 heavy (non-hydrogen) atoms. The lowest BCUT2D eigenvalue weighted by atomic mass is 9.33. The number of pyridine rings is 1. The number of ether oxygens (including phenoxy) is 1. The third-order valence-corrected chi connectivity index (χ3v) is 19.2. The average molecular weight is 780 g/mol. The summed E-state index contributed by atoms with van der Waals surface area (Å²) in [7, 11) is 0. The number of rotatable bonds is 11. The third kappa shape index (κ3) is 6.72. The average Bonchev–Trinajstić information content (AvgIpc) is 3.56. The number of piperidine rings is 1. The Morgan fingerprint density at radius 3 is 2.44 bits per heavy atom. The van der Waals surface area contributed by atoms with E-state index >= 15 is 0 Å². The number of likely N-dealkylation sites (tertiary alicyclic amines) is 1. The van der Waals surface area contributed by atoms with Crippen LogP contribution in [0, 0.1) is 63.6 Å². The van der Waals surface area contributed by atoms with E-state index in [4.69, 9.17) is 4.74 Å². The minimum Gasteiger partial charge on any atom is -0.481 e. The highest BCUT2D eigenvalue weighted by molar-refractivity contribution is 5.75. The zero-order valence-electron chi connectivity index (χ0n) is 37.0. The van der Waals surface area contributed by atoms with Crippen LogP contribution in [0.2, 0.25) is 0 Å². The van der Waals surface area contributed by atoms with E-state index < -0.39 is 11.4 Å². The molecular formula is C51H77N3O3. The van der Waals surface area contributed by atoms with Gasteiger partial charge in [0, 0.05) is 30.4 Å². The van der Waals surface area contributed by atoms with Gasteiger partial charge >= 0.3 is 5.97 Å². The Labute approximate surface area is 346 Å². The predicted molar refractivity (Wildman–Crippen MR) is 232 cm³/mol. The molecule has 7 aliphatic rings. The van der Waals surface area contributed by atoms with Gasteiger partial charge in [0.05, 0.1) is 12.0 Å². The quantitative estimate of drug-likeness (QED) is 0.218. The van der Waals surface area contributed by atoms with Crippen molar-refractivity contribution in [3.63, 3.8) is 0 Å². The van der Waals surface area contributed by atoms with Crippen LogP contribution in [0.15, 0.2) is 53.8 Å². The van der Waals surface area contributed by atoms with Crippen molar-refractivity contribution in [1.82, 2.24) is 15.2 Å². The molecule has 1 aromatic rings. The molecule has 6 nitrogen and oxygen atoms in total. The van der Waals surface area contributed by atoms with E-state index in [1.54, 1.807) is 6.20 Å². The smallest absolute Gasteiger partial charge is 0.310 e. The van der Waals surface area contributed by atoms with E-state index in [0.717, 1.165) is 30.9 Å². The number of carbonyl (C=O) groups is 1. The van der Waals surface area contributed by atoms with Crippen LogP contribution >= 0.6 is 0 Å². The zero-order chi connectivity index (χ0) is 40.4. The number of hydrogen-bond acceptors (Lipinski definition) is 5. The molecule has 6 heteroatoms. The van der Waals surface area contributed by atoms with Gasteiger partial charge in [-0.2, -0.15) is 0 Å². The van der Waals surface area contributed by atoms with Gasteiger partial charge in [-0.1, -0.05) is 71.4 Å². The summed E-state index contributed by atoms with van der Waals surface area (Å²) >= 11 is 0. The molecule has 0 radical (unpaired) electrons. The van der Waals surface area contributed by atoms with E-state index in [2.05, 4.69) is 75.5 Å². The Hall–Kier alpha value is -2.44. The lowest BCUT2D eigenvalue weighted by molar-refractivity contribution is -0.221. The molecule has 8 rings (SSSR count). The normalized spacial score (nSPS) is 41.4. The molecular weight excluding hydrogens is 703 g/mol. The van der Waals surface area contributed by atoms with Crippen molar-refractivity contribution in [2.45, 2.75) is 157 Å². The van der Waals surface area contributed by atoms with Gasteiger partial charge in [-0.05, 0) is 192 Å². The molecule has 0 bridgehead atoms. The minimum atomic E-state index is -0.788. The molecule has 314 valence electrons. The number of allylic oxidation sites excluding steroid dienone is 5. The monoisotopic (exact) mass is 780 g/mol. The molecule has 1 saturated heterocycles. The first kappa shape index (κ1) is 41.3. The Kier molecular flexibility index (Phi) is 11.0. The molecule has 2 N–H and O–H groups in total. The van der Waals surface area contributed by atoms with Crippen molar-refractivity contribution in [2.75, 3.05) is 32.8 Å². The molecule has 1 aliphatic heterocycles. The summed E-state index contributed by atoms with van der Waals surface area (Å²) in [4.78, 5) is 19.9. The Morgan fingerprint density at radius 1 is 0.947 bits per heavy atom. The lowest BCUT2D eigenvalue weighted by Gasteiger charge is -2.72. The highest BCUT2D eigenvalue weighted by atomic mass is 16.5. The van der Waals surface area contributed by atoms with Gasteiger partial charge in [0.25, 0.3) is 0 Å². The van der Waals surface area contributed by atoms with E-state index in [-0.39, 0.29) is 16.4 Å². The van der Waals surface area contributed by atoms with Crippen LogP contribution in [-0.4, -0.2) is 59.3 Å². The van der Waals surface area contributed by atoms with Crippen molar-refractivity contribution in [1.29, 1.82) is 0 Å². The lowest BCUT2D eigenvalue weighted by Crippen LogP contribution is -2.68. The van der Waals surface area contributed by atoms with Gasteiger partial charge in [-0.25, -0.2) is 4.98 Å². The number of hydrogen-bond donors (Lipinski definition) is 2. The Morgan fingerprint density at radius 2 is 1.74 bits per heavy atom. The van der Waals surface area contributed by atoms with Crippen molar-refractivity contribution >= 4 is 5.97 Å². The van der Waals surface area contributed by atoms with Crippen LogP contribution in [0.25, 0.3) is 0 Å². The molecule has 0 amide bonds. The van der Waals surface area contributed by atoms with E-state index in [0.29, 0.717) is 66.3 Å². The number of nitrogens with zero attached hydrogens (tertiary/aromatic N) is 2. The molecule has 1 unspecified atom stereocenters. The van der Waals surface area contributed by atoms with Crippen molar-refractivity contribution in [2.24, 2.45) is 56.7 Å². The number of aliphatic carboxylic acids is 1. The van der Waals surface area contributed by atoms with Gasteiger partial charge in [-0.3, -0.25) is 4.79 Å².